The summed E-state index contributed by atoms with van der Waals surface area (Å²) in [7, 11) is 1.49. The molecule has 1 aliphatic rings. The van der Waals surface area contributed by atoms with Gasteiger partial charge in [-0.25, -0.2) is 0 Å². The van der Waals surface area contributed by atoms with Crippen molar-refractivity contribution < 1.29 is 23.9 Å². The molecule has 3 aromatic rings. The van der Waals surface area contributed by atoms with Gasteiger partial charge in [-0.3, -0.25) is 25.2 Å². The van der Waals surface area contributed by atoms with Gasteiger partial charge in [0.1, 0.15) is 0 Å². The molecule has 0 unspecified atom stereocenters. The van der Waals surface area contributed by atoms with Gasteiger partial charge in [0, 0.05) is 24.3 Å². The highest BCUT2D eigenvalue weighted by Crippen LogP contribution is 2.35. The molecule has 3 N–H and O–H groups in total. The number of aryl methyl sites for hydroxylation is 3. The number of nitrogens with one attached hydrogen (secondary N) is 3. The van der Waals surface area contributed by atoms with Crippen LogP contribution in [0.2, 0.25) is 0 Å². The molecule has 1 aliphatic heterocycles. The van der Waals surface area contributed by atoms with Crippen LogP contribution in [-0.2, 0) is 14.4 Å². The number of rotatable bonds is 9. The number of methoxy groups -OCH3 is 1. The van der Waals surface area contributed by atoms with Gasteiger partial charge in [-0.1, -0.05) is 30.3 Å². The van der Waals surface area contributed by atoms with Gasteiger partial charge in [0.2, 0.25) is 11.8 Å². The van der Waals surface area contributed by atoms with Gasteiger partial charge in [-0.2, -0.15) is 0 Å². The Bertz CT molecular complexity index is 1360. The molecule has 0 radical (unpaired) electrons. The molecule has 0 saturated carbocycles. The Balaban J connectivity index is 1.38. The standard InChI is InChI=1S/C29H32N4O5/c1-18-12-13-22(14-20(18)3)33-16-21(15-27(33)35)29(36)32-31-24-10-7-11-25(37-4)28(24)38-17-26(34)30-23-9-6-5-8-19(23)2/h5-14,21,31H,15-17H2,1-4H3,(H,30,34)(H,32,36)/t21-/m0/s1. The third kappa shape index (κ3) is 6.05. The van der Waals surface area contributed by atoms with Crippen LogP contribution in [0.1, 0.15) is 23.1 Å². The highest BCUT2D eigenvalue weighted by Gasteiger charge is 2.35. The molecule has 38 heavy (non-hydrogen) atoms. The third-order valence-corrected chi connectivity index (χ3v) is 6.58. The Kier molecular flexibility index (Phi) is 8.15. The highest BCUT2D eigenvalue weighted by atomic mass is 16.5. The second kappa shape index (κ2) is 11.7. The summed E-state index contributed by atoms with van der Waals surface area (Å²) >= 11 is 0. The molecule has 9 heteroatoms. The summed E-state index contributed by atoms with van der Waals surface area (Å²) in [4.78, 5) is 39.7. The van der Waals surface area contributed by atoms with Crippen molar-refractivity contribution in [2.45, 2.75) is 27.2 Å². The molecule has 1 fully saturated rings. The third-order valence-electron chi connectivity index (χ3n) is 6.58. The molecule has 1 heterocycles. The van der Waals surface area contributed by atoms with Crippen molar-refractivity contribution in [3.05, 3.63) is 77.4 Å². The summed E-state index contributed by atoms with van der Waals surface area (Å²) in [6.07, 6.45) is 0.112. The van der Waals surface area contributed by atoms with Crippen molar-refractivity contribution >= 4 is 34.8 Å². The molecule has 0 aromatic heterocycles. The maximum absolute atomic E-state index is 12.9. The summed E-state index contributed by atoms with van der Waals surface area (Å²) in [6, 6.07) is 18.4. The summed E-state index contributed by atoms with van der Waals surface area (Å²) in [6.45, 7) is 5.93. The van der Waals surface area contributed by atoms with E-state index in [1.807, 2.05) is 63.2 Å². The number of para-hydroxylation sites is 2. The first kappa shape index (κ1) is 26.5. The molecule has 4 rings (SSSR count). The Labute approximate surface area is 222 Å². The average molecular weight is 517 g/mol. The molecular weight excluding hydrogens is 484 g/mol. The Hall–Kier alpha value is -4.53. The van der Waals surface area contributed by atoms with E-state index in [1.54, 1.807) is 23.1 Å². The quantitative estimate of drug-likeness (QED) is 0.369. The van der Waals surface area contributed by atoms with E-state index in [0.29, 0.717) is 17.1 Å². The summed E-state index contributed by atoms with van der Waals surface area (Å²) in [5.41, 5.74) is 10.6. The zero-order chi connectivity index (χ0) is 27.2. The van der Waals surface area contributed by atoms with Gasteiger partial charge in [-0.05, 0) is 67.8 Å². The van der Waals surface area contributed by atoms with Crippen molar-refractivity contribution in [3.8, 4) is 11.5 Å². The molecule has 9 nitrogen and oxygen atoms in total. The van der Waals surface area contributed by atoms with Crippen molar-refractivity contribution in [1.82, 2.24) is 5.43 Å². The van der Waals surface area contributed by atoms with E-state index in [1.165, 1.54) is 7.11 Å². The van der Waals surface area contributed by atoms with Crippen molar-refractivity contribution in [2.75, 3.05) is 35.9 Å². The van der Waals surface area contributed by atoms with E-state index in [9.17, 15) is 14.4 Å². The minimum atomic E-state index is -0.522. The van der Waals surface area contributed by atoms with Gasteiger partial charge in [0.05, 0.1) is 18.7 Å². The monoisotopic (exact) mass is 516 g/mol. The van der Waals surface area contributed by atoms with Gasteiger partial charge >= 0.3 is 0 Å². The summed E-state index contributed by atoms with van der Waals surface area (Å²) in [5, 5.41) is 2.82. The fourth-order valence-corrected chi connectivity index (χ4v) is 4.22. The van der Waals surface area contributed by atoms with Crippen LogP contribution in [-0.4, -0.2) is 38.0 Å². The van der Waals surface area contributed by atoms with Crippen LogP contribution in [0.25, 0.3) is 0 Å². The van der Waals surface area contributed by atoms with Crippen LogP contribution in [0.4, 0.5) is 17.1 Å². The lowest BCUT2D eigenvalue weighted by Gasteiger charge is -2.19. The number of anilines is 3. The minimum absolute atomic E-state index is 0.0986. The first-order chi connectivity index (χ1) is 18.3. The number of hydrogen-bond donors (Lipinski definition) is 3. The largest absolute Gasteiger partial charge is 0.493 e. The molecule has 3 aromatic carbocycles. The number of carbonyl (C=O) groups is 3. The van der Waals surface area contributed by atoms with E-state index in [-0.39, 0.29) is 43.0 Å². The zero-order valence-corrected chi connectivity index (χ0v) is 22.0. The molecular formula is C29H32N4O5. The average Bonchev–Trinajstić information content (AvgIpc) is 3.30. The predicted octanol–water partition coefficient (Wildman–Crippen LogP) is 4.13. The normalized spacial score (nSPS) is 14.7. The van der Waals surface area contributed by atoms with Crippen LogP contribution in [0.3, 0.4) is 0 Å². The second-order valence-corrected chi connectivity index (χ2v) is 9.28. The Morgan fingerprint density at radius 1 is 0.947 bits per heavy atom. The lowest BCUT2D eigenvalue weighted by Crippen LogP contribution is -2.36. The van der Waals surface area contributed by atoms with E-state index >= 15 is 0 Å². The molecule has 0 aliphatic carbocycles. The Morgan fingerprint density at radius 2 is 1.71 bits per heavy atom. The SMILES string of the molecule is COc1cccc(NNC(=O)[C@H]2CC(=O)N(c3ccc(C)c(C)c3)C2)c1OCC(=O)Nc1ccccc1C. The molecule has 3 amide bonds. The predicted molar refractivity (Wildman–Crippen MR) is 146 cm³/mol. The van der Waals surface area contributed by atoms with Gasteiger partial charge in [0.15, 0.2) is 18.1 Å². The number of hydrogen-bond acceptors (Lipinski definition) is 6. The molecule has 0 spiro atoms. The van der Waals surface area contributed by atoms with Crippen LogP contribution < -0.4 is 30.5 Å². The maximum Gasteiger partial charge on any atom is 0.262 e. The van der Waals surface area contributed by atoms with E-state index < -0.39 is 5.92 Å². The first-order valence-electron chi connectivity index (χ1n) is 12.4. The summed E-state index contributed by atoms with van der Waals surface area (Å²) in [5.74, 6) is -0.615. The van der Waals surface area contributed by atoms with Crippen molar-refractivity contribution in [2.24, 2.45) is 5.92 Å². The first-order valence-corrected chi connectivity index (χ1v) is 12.4. The topological polar surface area (TPSA) is 109 Å². The Morgan fingerprint density at radius 3 is 2.45 bits per heavy atom. The van der Waals surface area contributed by atoms with E-state index in [4.69, 9.17) is 9.47 Å². The molecule has 1 atom stereocenters. The van der Waals surface area contributed by atoms with Crippen LogP contribution in [0.15, 0.2) is 60.7 Å². The lowest BCUT2D eigenvalue weighted by molar-refractivity contribution is -0.125. The minimum Gasteiger partial charge on any atom is -0.493 e. The number of amides is 3. The van der Waals surface area contributed by atoms with Crippen molar-refractivity contribution in [3.63, 3.8) is 0 Å². The summed E-state index contributed by atoms with van der Waals surface area (Å²) < 4.78 is 11.2. The molecule has 0 bridgehead atoms. The number of carbonyl (C=O) groups excluding carboxylic acids is 3. The highest BCUT2D eigenvalue weighted by molar-refractivity contribution is 6.00. The molecule has 198 valence electrons. The van der Waals surface area contributed by atoms with E-state index in [2.05, 4.69) is 16.2 Å². The van der Waals surface area contributed by atoms with Gasteiger partial charge in [0.25, 0.3) is 5.91 Å². The smallest absolute Gasteiger partial charge is 0.262 e. The van der Waals surface area contributed by atoms with Gasteiger partial charge in [-0.15, -0.1) is 0 Å². The lowest BCUT2D eigenvalue weighted by atomic mass is 10.1. The van der Waals surface area contributed by atoms with E-state index in [0.717, 1.165) is 22.4 Å². The number of benzene rings is 3. The number of ether oxygens (including phenoxy) is 2. The van der Waals surface area contributed by atoms with Gasteiger partial charge < -0.3 is 19.7 Å². The number of nitrogens with zero attached hydrogens (tertiary/aromatic N) is 1. The fraction of sp³-hybridized carbons (Fsp3) is 0.276. The molecule has 1 saturated heterocycles. The number of hydrazine groups is 1. The second-order valence-electron chi connectivity index (χ2n) is 9.28. The maximum atomic E-state index is 12.9. The fourth-order valence-electron chi connectivity index (χ4n) is 4.22. The zero-order valence-electron chi connectivity index (χ0n) is 22.0. The van der Waals surface area contributed by atoms with Crippen LogP contribution in [0, 0.1) is 26.7 Å². The van der Waals surface area contributed by atoms with Crippen LogP contribution >= 0.6 is 0 Å². The van der Waals surface area contributed by atoms with Crippen LogP contribution in [0.5, 0.6) is 11.5 Å². The van der Waals surface area contributed by atoms with Crippen molar-refractivity contribution in [1.29, 1.82) is 0 Å².